The molecule has 0 radical (unpaired) electrons. The molecule has 0 saturated carbocycles. The van der Waals surface area contributed by atoms with E-state index < -0.39 is 0 Å². The minimum Gasteiger partial charge on any atom is -0.466 e. The summed E-state index contributed by atoms with van der Waals surface area (Å²) < 4.78 is 11.7. The Morgan fingerprint density at radius 1 is 0.474 bits per heavy atom. The molecule has 1 aliphatic heterocycles. The van der Waals surface area contributed by atoms with Gasteiger partial charge in [-0.2, -0.15) is 0 Å². The number of hydrogen-bond acceptors (Lipinski definition) is 5. The van der Waals surface area contributed by atoms with Crippen LogP contribution in [0, 0.1) is 11.8 Å². The molecule has 0 aliphatic carbocycles. The van der Waals surface area contributed by atoms with Crippen molar-refractivity contribution >= 4 is 11.9 Å². The minimum absolute atomic E-state index is 0.00494. The molecule has 338 valence electrons. The maximum Gasteiger partial charge on any atom is 0.305 e. The van der Waals surface area contributed by atoms with Gasteiger partial charge in [-0.05, 0) is 82.7 Å². The fourth-order valence-electron chi connectivity index (χ4n) is 8.86. The van der Waals surface area contributed by atoms with Crippen LogP contribution in [0.5, 0.6) is 0 Å². The number of carbonyl (C=O) groups is 2. The molecule has 1 fully saturated rings. The summed E-state index contributed by atoms with van der Waals surface area (Å²) in [6.45, 7) is 16.7. The molecule has 0 aromatic carbocycles. The Balaban J connectivity index is 2.19. The lowest BCUT2D eigenvalue weighted by atomic mass is 9.91. The van der Waals surface area contributed by atoms with Crippen molar-refractivity contribution in [3.05, 3.63) is 0 Å². The lowest BCUT2D eigenvalue weighted by Gasteiger charge is -2.24. The standard InChI is InChI=1S/C51H100N2O4/c1-5-9-21-32-48(33-22-10-6-2)36-31-46-56-45-29-19-15-13-17-25-42-53(50(54)39-44-52-40-27-28-41-52)43-26-18-14-16-20-30-47-57-51(55)38-37-49(34-23-11-7-3)35-24-12-8-4/h48-49H,5-47H2,1-4H3. The quantitative estimate of drug-likeness (QED) is 0.0453. The summed E-state index contributed by atoms with van der Waals surface area (Å²) in [6.07, 6.45) is 42.8. The summed E-state index contributed by atoms with van der Waals surface area (Å²) in [5, 5.41) is 0. The Bertz CT molecular complexity index is 842. The first-order valence-electron chi connectivity index (χ1n) is 25.8. The third-order valence-corrected chi connectivity index (χ3v) is 12.8. The van der Waals surface area contributed by atoms with Crippen molar-refractivity contribution in [3.63, 3.8) is 0 Å². The number of carbonyl (C=O) groups excluding carboxylic acids is 2. The summed E-state index contributed by atoms with van der Waals surface area (Å²) in [4.78, 5) is 30.4. The average molecular weight is 805 g/mol. The summed E-state index contributed by atoms with van der Waals surface area (Å²) in [5.74, 6) is 1.97. The van der Waals surface area contributed by atoms with Gasteiger partial charge in [0.2, 0.25) is 5.91 Å². The molecule has 0 aromatic heterocycles. The van der Waals surface area contributed by atoms with Gasteiger partial charge in [-0.3, -0.25) is 9.59 Å². The van der Waals surface area contributed by atoms with Crippen LogP contribution in [0.25, 0.3) is 0 Å². The number of amides is 1. The van der Waals surface area contributed by atoms with Crippen LogP contribution in [0.2, 0.25) is 0 Å². The third kappa shape index (κ3) is 34.3. The fraction of sp³-hybridized carbons (Fsp3) is 0.961. The SMILES string of the molecule is CCCCCC(CCCCC)CCCOCCCCCCCCN(CCCCCCCCOC(=O)CCC(CCCCC)CCCCC)C(=O)CCN1CCCC1. The summed E-state index contributed by atoms with van der Waals surface area (Å²) in [6, 6.07) is 0. The predicted molar refractivity (Wildman–Crippen MR) is 246 cm³/mol. The van der Waals surface area contributed by atoms with Crippen LogP contribution in [0.4, 0.5) is 0 Å². The number of likely N-dealkylation sites (tertiary alicyclic amines) is 1. The fourth-order valence-corrected chi connectivity index (χ4v) is 8.86. The zero-order valence-corrected chi connectivity index (χ0v) is 39.1. The number of rotatable bonds is 44. The van der Waals surface area contributed by atoms with E-state index >= 15 is 0 Å². The Kier molecular flexibility index (Phi) is 39.3. The van der Waals surface area contributed by atoms with Crippen molar-refractivity contribution in [2.45, 2.75) is 252 Å². The van der Waals surface area contributed by atoms with Gasteiger partial charge in [0.25, 0.3) is 0 Å². The van der Waals surface area contributed by atoms with E-state index in [1.807, 2.05) is 0 Å². The Labute approximate surface area is 356 Å². The molecule has 0 atom stereocenters. The van der Waals surface area contributed by atoms with Gasteiger partial charge in [-0.25, -0.2) is 0 Å². The van der Waals surface area contributed by atoms with Gasteiger partial charge >= 0.3 is 5.97 Å². The Morgan fingerprint density at radius 2 is 0.895 bits per heavy atom. The number of unbranched alkanes of at least 4 members (excludes halogenated alkanes) is 18. The molecule has 1 aliphatic rings. The minimum atomic E-state index is 0.00494. The van der Waals surface area contributed by atoms with E-state index in [2.05, 4.69) is 37.5 Å². The molecular weight excluding hydrogens is 705 g/mol. The molecule has 0 unspecified atom stereocenters. The monoisotopic (exact) mass is 805 g/mol. The van der Waals surface area contributed by atoms with Gasteiger partial charge in [0.05, 0.1) is 6.61 Å². The lowest BCUT2D eigenvalue weighted by molar-refractivity contribution is -0.144. The first-order valence-corrected chi connectivity index (χ1v) is 25.8. The largest absolute Gasteiger partial charge is 0.466 e. The van der Waals surface area contributed by atoms with Crippen molar-refractivity contribution in [3.8, 4) is 0 Å². The van der Waals surface area contributed by atoms with Gasteiger partial charge in [0.1, 0.15) is 0 Å². The molecule has 1 amide bonds. The molecule has 0 aromatic rings. The first-order chi connectivity index (χ1) is 28.0. The average Bonchev–Trinajstić information content (AvgIpc) is 3.74. The normalized spacial score (nSPS) is 13.4. The van der Waals surface area contributed by atoms with Crippen LogP contribution in [0.1, 0.15) is 252 Å². The van der Waals surface area contributed by atoms with E-state index in [4.69, 9.17) is 9.47 Å². The highest BCUT2D eigenvalue weighted by Crippen LogP contribution is 2.24. The summed E-state index contributed by atoms with van der Waals surface area (Å²) in [7, 11) is 0. The van der Waals surface area contributed by atoms with Crippen LogP contribution in [0.3, 0.4) is 0 Å². The lowest BCUT2D eigenvalue weighted by Crippen LogP contribution is -2.35. The first kappa shape index (κ1) is 53.9. The molecule has 1 heterocycles. The van der Waals surface area contributed by atoms with Crippen molar-refractivity contribution in [1.29, 1.82) is 0 Å². The van der Waals surface area contributed by atoms with Gasteiger partial charge in [0.15, 0.2) is 0 Å². The van der Waals surface area contributed by atoms with Crippen molar-refractivity contribution in [2.75, 3.05) is 52.5 Å². The second-order valence-electron chi connectivity index (χ2n) is 18.2. The maximum absolute atomic E-state index is 13.3. The molecule has 1 rings (SSSR count). The highest BCUT2D eigenvalue weighted by Gasteiger charge is 2.17. The predicted octanol–water partition coefficient (Wildman–Crippen LogP) is 14.7. The van der Waals surface area contributed by atoms with Crippen molar-refractivity contribution in [1.82, 2.24) is 9.80 Å². The van der Waals surface area contributed by atoms with Crippen LogP contribution in [0.15, 0.2) is 0 Å². The molecule has 0 N–H and O–H groups in total. The molecule has 0 bridgehead atoms. The number of hydrogen-bond donors (Lipinski definition) is 0. The zero-order chi connectivity index (χ0) is 41.3. The van der Waals surface area contributed by atoms with Crippen molar-refractivity contribution < 1.29 is 19.1 Å². The summed E-state index contributed by atoms with van der Waals surface area (Å²) >= 11 is 0. The van der Waals surface area contributed by atoms with Gasteiger partial charge in [0, 0.05) is 45.7 Å². The van der Waals surface area contributed by atoms with E-state index in [0.717, 1.165) is 84.0 Å². The number of ether oxygens (including phenoxy) is 2. The van der Waals surface area contributed by atoms with Crippen LogP contribution in [-0.4, -0.2) is 74.2 Å². The van der Waals surface area contributed by atoms with E-state index in [9.17, 15) is 9.59 Å². The smallest absolute Gasteiger partial charge is 0.305 e. The number of nitrogens with zero attached hydrogens (tertiary/aromatic N) is 2. The molecule has 57 heavy (non-hydrogen) atoms. The van der Waals surface area contributed by atoms with E-state index in [1.54, 1.807) is 0 Å². The van der Waals surface area contributed by atoms with Gasteiger partial charge in [-0.1, -0.05) is 182 Å². The van der Waals surface area contributed by atoms with Gasteiger partial charge < -0.3 is 19.3 Å². The van der Waals surface area contributed by atoms with Crippen LogP contribution < -0.4 is 0 Å². The van der Waals surface area contributed by atoms with Crippen LogP contribution >= 0.6 is 0 Å². The van der Waals surface area contributed by atoms with Gasteiger partial charge in [-0.15, -0.1) is 0 Å². The van der Waals surface area contributed by atoms with E-state index in [-0.39, 0.29) is 5.97 Å². The molecule has 6 heteroatoms. The highest BCUT2D eigenvalue weighted by molar-refractivity contribution is 5.76. The molecule has 0 spiro atoms. The topological polar surface area (TPSA) is 59.1 Å². The van der Waals surface area contributed by atoms with E-state index in [0.29, 0.717) is 31.3 Å². The summed E-state index contributed by atoms with van der Waals surface area (Å²) in [5.41, 5.74) is 0. The molecular formula is C51H100N2O4. The molecule has 1 saturated heterocycles. The van der Waals surface area contributed by atoms with Crippen molar-refractivity contribution in [2.24, 2.45) is 11.8 Å². The molecule has 6 nitrogen and oxygen atoms in total. The third-order valence-electron chi connectivity index (χ3n) is 12.8. The highest BCUT2D eigenvalue weighted by atomic mass is 16.5. The zero-order valence-electron chi connectivity index (χ0n) is 39.1. The van der Waals surface area contributed by atoms with E-state index in [1.165, 1.54) is 180 Å². The second kappa shape index (κ2) is 41.6. The number of esters is 1. The maximum atomic E-state index is 13.3. The second-order valence-corrected chi connectivity index (χ2v) is 18.2. The van der Waals surface area contributed by atoms with Crippen LogP contribution in [-0.2, 0) is 19.1 Å². The Morgan fingerprint density at radius 3 is 1.40 bits per heavy atom. The Hall–Kier alpha value is -1.14.